The van der Waals surface area contributed by atoms with E-state index in [0.717, 1.165) is 0 Å². The molecule has 0 atom stereocenters. The van der Waals surface area contributed by atoms with Gasteiger partial charge < -0.3 is 9.97 Å². The van der Waals surface area contributed by atoms with E-state index >= 15 is 0 Å². The van der Waals surface area contributed by atoms with Crippen LogP contribution in [0, 0.1) is 18.2 Å². The maximum Gasteiger partial charge on any atom is -0.0134 e. The molecule has 249 valence electrons. The molecule has 0 aliphatic heterocycles. The minimum Gasteiger partial charge on any atom is -0.0622 e. The predicted octanol–water partition coefficient (Wildman–Crippen LogP) is 8.52. The van der Waals surface area contributed by atoms with Gasteiger partial charge in [-0.25, -0.2) is 4.39 Å². The molecule has 0 spiro atoms. The van der Waals surface area contributed by atoms with Crippen molar-refractivity contribution in [1.82, 2.24) is 9.97 Å². The third-order valence-electron chi connectivity index (χ3n) is 6.70. The van der Waals surface area contributed by atoms with E-state index in [9.17, 15) is 8.78 Å². The fourth-order valence-electron chi connectivity index (χ4n) is 4.65. The van der Waals surface area contributed by atoms with Gasteiger partial charge in [0.25, 0.3) is 0 Å². The Kier molecular flexibility index (Phi) is 16.2. The molecular formula is C40H30ClF3N2NiP2-. The Balaban J connectivity index is 0.000000171. The summed E-state index contributed by atoms with van der Waals surface area (Å²) >= 11 is 7.43. The van der Waals surface area contributed by atoms with Gasteiger partial charge in [-0.3, -0.25) is 4.39 Å². The molecule has 0 saturated heterocycles. The molecule has 0 N–H and O–H groups in total. The topological polar surface area (TPSA) is 25.8 Å². The molecule has 0 bridgehead atoms. The SMILES string of the molecule is Fc1n[c-]c(Cl)c(F)n1.[F][Ni].c1ccc(P(c2ccccc2)c2ccccc2)cc1.c1ccc(P(c2ccccc2)c2ccccc2)cc1. The molecule has 1 aromatic heterocycles. The Hall–Kier alpha value is -4.17. The van der Waals surface area contributed by atoms with Crippen molar-refractivity contribution in [2.24, 2.45) is 0 Å². The van der Waals surface area contributed by atoms with Gasteiger partial charge in [0.05, 0.1) is 0 Å². The van der Waals surface area contributed by atoms with Gasteiger partial charge >= 0.3 is 19.5 Å². The van der Waals surface area contributed by atoms with E-state index in [2.05, 4.69) is 208 Å². The Bertz CT molecular complexity index is 1610. The van der Waals surface area contributed by atoms with Crippen molar-refractivity contribution in [2.75, 3.05) is 0 Å². The van der Waals surface area contributed by atoms with Crippen LogP contribution >= 0.6 is 27.4 Å². The Morgan fingerprint density at radius 2 is 0.653 bits per heavy atom. The summed E-state index contributed by atoms with van der Waals surface area (Å²) in [5.41, 5.74) is 0. The van der Waals surface area contributed by atoms with Crippen molar-refractivity contribution in [3.63, 3.8) is 0 Å². The van der Waals surface area contributed by atoms with Gasteiger partial charge in [-0.2, -0.15) is 0 Å². The fourth-order valence-corrected chi connectivity index (χ4v) is 9.35. The smallest absolute Gasteiger partial charge is 0.0134 e. The van der Waals surface area contributed by atoms with Crippen molar-refractivity contribution in [1.29, 1.82) is 0 Å². The molecule has 49 heavy (non-hydrogen) atoms. The molecule has 9 heteroatoms. The van der Waals surface area contributed by atoms with Crippen LogP contribution in [0.1, 0.15) is 0 Å². The van der Waals surface area contributed by atoms with Gasteiger partial charge in [0.15, 0.2) is 6.08 Å². The maximum absolute atomic E-state index is 12.0. The summed E-state index contributed by atoms with van der Waals surface area (Å²) in [5.74, 6) is -1.09. The minimum absolute atomic E-state index is 0.406. The monoisotopic (exact) mass is 750 g/mol. The molecule has 0 aliphatic rings. The van der Waals surface area contributed by atoms with E-state index < -0.39 is 32.9 Å². The Morgan fingerprint density at radius 3 is 0.837 bits per heavy atom. The molecular weight excluding hydrogens is 722 g/mol. The van der Waals surface area contributed by atoms with Gasteiger partial charge in [-0.15, -0.1) is 11.6 Å². The standard InChI is InChI=1S/2C18H15P.C4ClF2N2.FH.Ni/c2*1-4-10-16(11-5-1)19(17-12-6-2-7-13-17)18-14-8-3-9-15-18;5-2-1-8-4(7)9-3(2)6;;/h2*1-15H;;1H;/q;;-1;;+1/p-1. The van der Waals surface area contributed by atoms with Crippen molar-refractivity contribution >= 4 is 59.3 Å². The molecule has 0 radical (unpaired) electrons. The summed E-state index contributed by atoms with van der Waals surface area (Å²) in [6, 6.07) is 64.7. The summed E-state index contributed by atoms with van der Waals surface area (Å²) < 4.78 is 32.9. The Labute approximate surface area is 301 Å². The van der Waals surface area contributed by atoms with Crippen LogP contribution in [0.15, 0.2) is 182 Å². The molecule has 7 rings (SSSR count). The molecule has 0 unspecified atom stereocenters. The minimum atomic E-state index is -1.17. The zero-order valence-electron chi connectivity index (χ0n) is 25.9. The van der Waals surface area contributed by atoms with Crippen LogP contribution < -0.4 is 31.8 Å². The first-order chi connectivity index (χ1) is 24.1. The second-order valence-electron chi connectivity index (χ2n) is 9.89. The van der Waals surface area contributed by atoms with Crippen LogP contribution in [0.3, 0.4) is 0 Å². The molecule has 7 aromatic rings. The number of nitrogens with zero attached hydrogens (tertiary/aromatic N) is 2. The second kappa shape index (κ2) is 21.0. The average molecular weight is 752 g/mol. The van der Waals surface area contributed by atoms with Gasteiger partial charge in [0.2, 0.25) is 0 Å². The van der Waals surface area contributed by atoms with Gasteiger partial charge in [-0.1, -0.05) is 188 Å². The average Bonchev–Trinajstić information content (AvgIpc) is 3.18. The second-order valence-corrected chi connectivity index (χ2v) is 14.7. The van der Waals surface area contributed by atoms with Crippen molar-refractivity contribution in [3.8, 4) is 0 Å². The predicted molar refractivity (Wildman–Crippen MR) is 197 cm³/mol. The normalized spacial score (nSPS) is 10.1. The molecule has 0 amide bonds. The van der Waals surface area contributed by atoms with E-state index in [0.29, 0.717) is 0 Å². The van der Waals surface area contributed by atoms with Crippen molar-refractivity contribution < 1.29 is 28.3 Å². The first-order valence-electron chi connectivity index (χ1n) is 14.9. The first kappa shape index (κ1) is 37.6. The van der Waals surface area contributed by atoms with Crippen LogP contribution in [0.4, 0.5) is 12.4 Å². The van der Waals surface area contributed by atoms with E-state index in [1.807, 2.05) is 6.20 Å². The quantitative estimate of drug-likeness (QED) is 0.0560. The van der Waals surface area contributed by atoms with Crippen LogP contribution in [0.5, 0.6) is 0 Å². The number of halogens is 4. The molecule has 6 aromatic carbocycles. The molecule has 0 fully saturated rings. The van der Waals surface area contributed by atoms with E-state index in [1.54, 1.807) is 0 Å². The molecule has 0 saturated carbocycles. The summed E-state index contributed by atoms with van der Waals surface area (Å²) in [6.45, 7) is 0. The summed E-state index contributed by atoms with van der Waals surface area (Å²) in [5, 5.41) is 7.98. The zero-order chi connectivity index (χ0) is 34.7. The number of hydrogen-bond acceptors (Lipinski definition) is 2. The summed E-state index contributed by atoms with van der Waals surface area (Å²) in [7, 11) is -0.892. The number of aromatic nitrogens is 2. The van der Waals surface area contributed by atoms with Crippen LogP contribution in [0.2, 0.25) is 5.02 Å². The number of benzene rings is 6. The first-order valence-corrected chi connectivity index (χ1v) is 18.3. The van der Waals surface area contributed by atoms with Crippen molar-refractivity contribution in [2.45, 2.75) is 0 Å². The van der Waals surface area contributed by atoms with Crippen LogP contribution in [-0.4, -0.2) is 9.97 Å². The Morgan fingerprint density at radius 1 is 0.429 bits per heavy atom. The molecule has 0 aliphatic carbocycles. The third-order valence-corrected chi connectivity index (χ3v) is 11.8. The third kappa shape index (κ3) is 11.7. The van der Waals surface area contributed by atoms with Crippen LogP contribution in [-0.2, 0) is 15.9 Å². The maximum atomic E-state index is 12.0. The van der Waals surface area contributed by atoms with Gasteiger partial charge in [-0.05, 0) is 52.7 Å². The molecule has 1 heterocycles. The largest absolute Gasteiger partial charge is 0.0622 e. The number of hydrogen-bond donors (Lipinski definition) is 0. The van der Waals surface area contributed by atoms with Gasteiger partial charge in [0, 0.05) is 0 Å². The fraction of sp³-hybridized carbons (Fsp3) is 0. The van der Waals surface area contributed by atoms with E-state index in [-0.39, 0.29) is 0 Å². The zero-order valence-corrected chi connectivity index (χ0v) is 29.5. The van der Waals surface area contributed by atoms with Crippen molar-refractivity contribution in [3.05, 3.63) is 205 Å². The summed E-state index contributed by atoms with van der Waals surface area (Å²) in [4.78, 5) is 5.53. The number of rotatable bonds is 6. The van der Waals surface area contributed by atoms with E-state index in [1.165, 1.54) is 31.8 Å². The summed E-state index contributed by atoms with van der Waals surface area (Å²) in [6.07, 6.45) is 0.701. The molecule has 2 nitrogen and oxygen atoms in total. The van der Waals surface area contributed by atoms with Gasteiger partial charge in [0.1, 0.15) is 5.95 Å². The van der Waals surface area contributed by atoms with E-state index in [4.69, 9.17) is 15.2 Å². The van der Waals surface area contributed by atoms with Crippen LogP contribution in [0.25, 0.3) is 0 Å².